The van der Waals surface area contributed by atoms with Crippen molar-refractivity contribution in [3.8, 4) is 0 Å². The standard InChI is InChI=1S/C18H23N3O2/c1-11(2)16(17(20)22)21-18(23)15(19)10-12-7-8-13-5-3-4-6-14(13)9-12/h3-9,11,15-16H,10,19H2,1-2H3,(H2,20,22)(H,21,23)/t15-,16+/m0/s1. The number of fused-ring (bicyclic) bond motifs is 1. The Morgan fingerprint density at radius 1 is 1.09 bits per heavy atom. The Bertz CT molecular complexity index is 712. The van der Waals surface area contributed by atoms with Gasteiger partial charge in [-0.3, -0.25) is 9.59 Å². The van der Waals surface area contributed by atoms with Gasteiger partial charge < -0.3 is 16.8 Å². The zero-order valence-electron chi connectivity index (χ0n) is 13.5. The van der Waals surface area contributed by atoms with Crippen molar-refractivity contribution < 1.29 is 9.59 Å². The number of amides is 2. The molecule has 0 fully saturated rings. The quantitative estimate of drug-likeness (QED) is 0.750. The summed E-state index contributed by atoms with van der Waals surface area (Å²) in [7, 11) is 0. The molecular formula is C18H23N3O2. The van der Waals surface area contributed by atoms with Gasteiger partial charge in [-0.15, -0.1) is 0 Å². The Hall–Kier alpha value is -2.40. The fraction of sp³-hybridized carbons (Fsp3) is 0.333. The highest BCUT2D eigenvalue weighted by Crippen LogP contribution is 2.16. The summed E-state index contributed by atoms with van der Waals surface area (Å²) in [6.07, 6.45) is 0.403. The van der Waals surface area contributed by atoms with E-state index in [0.29, 0.717) is 6.42 Å². The number of nitrogens with two attached hydrogens (primary N) is 2. The average molecular weight is 313 g/mol. The number of nitrogens with one attached hydrogen (secondary N) is 1. The number of hydrogen-bond acceptors (Lipinski definition) is 3. The maximum atomic E-state index is 12.2. The molecule has 0 aliphatic rings. The van der Waals surface area contributed by atoms with E-state index >= 15 is 0 Å². The Kier molecular flexibility index (Phi) is 5.34. The zero-order valence-corrected chi connectivity index (χ0v) is 13.5. The predicted molar refractivity (Wildman–Crippen MR) is 91.6 cm³/mol. The number of primary amides is 1. The van der Waals surface area contributed by atoms with Gasteiger partial charge in [-0.1, -0.05) is 56.3 Å². The van der Waals surface area contributed by atoms with Crippen LogP contribution in [0.4, 0.5) is 0 Å². The Labute approximate surface area is 136 Å². The SMILES string of the molecule is CC(C)[C@@H](NC(=O)[C@@H](N)Cc1ccc2ccccc2c1)C(N)=O. The van der Waals surface area contributed by atoms with Gasteiger partial charge in [-0.2, -0.15) is 0 Å². The maximum absolute atomic E-state index is 12.2. The van der Waals surface area contributed by atoms with Crippen LogP contribution in [0, 0.1) is 5.92 Å². The molecule has 0 aliphatic heterocycles. The van der Waals surface area contributed by atoms with Crippen LogP contribution in [-0.4, -0.2) is 23.9 Å². The minimum Gasteiger partial charge on any atom is -0.368 e. The molecule has 0 spiro atoms. The molecule has 2 rings (SSSR count). The van der Waals surface area contributed by atoms with Gasteiger partial charge in [0, 0.05) is 0 Å². The third-order valence-corrected chi connectivity index (χ3v) is 3.88. The first kappa shape index (κ1) is 17.0. The second kappa shape index (κ2) is 7.24. The fourth-order valence-electron chi connectivity index (χ4n) is 2.54. The summed E-state index contributed by atoms with van der Waals surface area (Å²) in [5, 5.41) is 4.88. The van der Waals surface area contributed by atoms with E-state index in [1.54, 1.807) is 0 Å². The molecule has 0 aliphatic carbocycles. The van der Waals surface area contributed by atoms with Crippen molar-refractivity contribution in [1.82, 2.24) is 5.32 Å². The molecule has 2 aromatic rings. The van der Waals surface area contributed by atoms with E-state index in [0.717, 1.165) is 16.3 Å². The summed E-state index contributed by atoms with van der Waals surface area (Å²) in [5.41, 5.74) is 12.3. The van der Waals surface area contributed by atoms with Crippen LogP contribution in [0.3, 0.4) is 0 Å². The molecule has 0 bridgehead atoms. The van der Waals surface area contributed by atoms with E-state index in [1.807, 2.05) is 56.3 Å². The molecule has 122 valence electrons. The van der Waals surface area contributed by atoms with Gasteiger partial charge in [0.1, 0.15) is 6.04 Å². The predicted octanol–water partition coefficient (Wildman–Crippen LogP) is 1.34. The van der Waals surface area contributed by atoms with Gasteiger partial charge in [0.2, 0.25) is 11.8 Å². The van der Waals surface area contributed by atoms with Crippen molar-refractivity contribution in [1.29, 1.82) is 0 Å². The van der Waals surface area contributed by atoms with Crippen LogP contribution in [0.5, 0.6) is 0 Å². The van der Waals surface area contributed by atoms with Gasteiger partial charge >= 0.3 is 0 Å². The molecule has 2 aromatic carbocycles. The zero-order chi connectivity index (χ0) is 17.0. The molecule has 5 N–H and O–H groups in total. The van der Waals surface area contributed by atoms with Crippen molar-refractivity contribution in [2.75, 3.05) is 0 Å². The highest BCUT2D eigenvalue weighted by atomic mass is 16.2. The van der Waals surface area contributed by atoms with Crippen molar-refractivity contribution >= 4 is 22.6 Å². The lowest BCUT2D eigenvalue weighted by molar-refractivity contribution is -0.129. The van der Waals surface area contributed by atoms with Crippen LogP contribution in [-0.2, 0) is 16.0 Å². The summed E-state index contributed by atoms with van der Waals surface area (Å²) in [5.74, 6) is -0.994. The first-order valence-electron chi connectivity index (χ1n) is 7.71. The molecule has 0 aromatic heterocycles. The molecule has 2 atom stereocenters. The molecule has 2 amide bonds. The Balaban J connectivity index is 2.06. The second-order valence-electron chi connectivity index (χ2n) is 6.12. The van der Waals surface area contributed by atoms with Crippen molar-refractivity contribution in [2.45, 2.75) is 32.4 Å². The van der Waals surface area contributed by atoms with Crippen LogP contribution in [0.1, 0.15) is 19.4 Å². The number of rotatable bonds is 6. The number of benzene rings is 2. The lowest BCUT2D eigenvalue weighted by atomic mass is 10.00. The Morgan fingerprint density at radius 3 is 2.35 bits per heavy atom. The topological polar surface area (TPSA) is 98.2 Å². The van der Waals surface area contributed by atoms with Gasteiger partial charge in [0.25, 0.3) is 0 Å². The molecule has 23 heavy (non-hydrogen) atoms. The number of carbonyl (C=O) groups is 2. The summed E-state index contributed by atoms with van der Waals surface area (Å²) < 4.78 is 0. The molecule has 0 saturated carbocycles. The second-order valence-corrected chi connectivity index (χ2v) is 6.12. The van der Waals surface area contributed by atoms with E-state index in [4.69, 9.17) is 11.5 Å². The summed E-state index contributed by atoms with van der Waals surface area (Å²) in [4.78, 5) is 23.6. The first-order valence-corrected chi connectivity index (χ1v) is 7.71. The smallest absolute Gasteiger partial charge is 0.240 e. The summed E-state index contributed by atoms with van der Waals surface area (Å²) in [6, 6.07) is 12.6. The van der Waals surface area contributed by atoms with E-state index in [1.165, 1.54) is 0 Å². The van der Waals surface area contributed by atoms with E-state index in [2.05, 4.69) is 5.32 Å². The summed E-state index contributed by atoms with van der Waals surface area (Å²) in [6.45, 7) is 3.65. The third-order valence-electron chi connectivity index (χ3n) is 3.88. The molecular weight excluding hydrogens is 290 g/mol. The van der Waals surface area contributed by atoms with Crippen LogP contribution < -0.4 is 16.8 Å². The normalized spacial score (nSPS) is 13.7. The van der Waals surface area contributed by atoms with Gasteiger partial charge in [0.15, 0.2) is 0 Å². The summed E-state index contributed by atoms with van der Waals surface area (Å²) >= 11 is 0. The molecule has 5 nitrogen and oxygen atoms in total. The largest absolute Gasteiger partial charge is 0.368 e. The highest BCUT2D eigenvalue weighted by molar-refractivity contribution is 5.89. The van der Waals surface area contributed by atoms with Crippen LogP contribution in [0.25, 0.3) is 10.8 Å². The van der Waals surface area contributed by atoms with E-state index < -0.39 is 18.0 Å². The number of carbonyl (C=O) groups excluding carboxylic acids is 2. The lowest BCUT2D eigenvalue weighted by Gasteiger charge is -2.21. The Morgan fingerprint density at radius 2 is 1.74 bits per heavy atom. The van der Waals surface area contributed by atoms with Gasteiger partial charge in [0.05, 0.1) is 6.04 Å². The van der Waals surface area contributed by atoms with Crippen LogP contribution >= 0.6 is 0 Å². The minimum absolute atomic E-state index is 0.0793. The maximum Gasteiger partial charge on any atom is 0.240 e. The monoisotopic (exact) mass is 313 g/mol. The average Bonchev–Trinajstić information content (AvgIpc) is 2.51. The fourth-order valence-corrected chi connectivity index (χ4v) is 2.54. The first-order chi connectivity index (χ1) is 10.9. The van der Waals surface area contributed by atoms with Crippen molar-refractivity contribution in [3.63, 3.8) is 0 Å². The van der Waals surface area contributed by atoms with E-state index in [9.17, 15) is 9.59 Å². The van der Waals surface area contributed by atoms with Crippen molar-refractivity contribution in [3.05, 3.63) is 48.0 Å². The molecule has 0 unspecified atom stereocenters. The van der Waals surface area contributed by atoms with Crippen LogP contribution in [0.15, 0.2) is 42.5 Å². The molecule has 0 saturated heterocycles. The van der Waals surface area contributed by atoms with Crippen molar-refractivity contribution in [2.24, 2.45) is 17.4 Å². The van der Waals surface area contributed by atoms with Gasteiger partial charge in [-0.05, 0) is 28.7 Å². The van der Waals surface area contributed by atoms with E-state index in [-0.39, 0.29) is 11.8 Å². The molecule has 0 heterocycles. The third kappa shape index (κ3) is 4.29. The van der Waals surface area contributed by atoms with Crippen LogP contribution in [0.2, 0.25) is 0 Å². The highest BCUT2D eigenvalue weighted by Gasteiger charge is 2.24. The molecule has 0 radical (unpaired) electrons. The number of hydrogen-bond donors (Lipinski definition) is 3. The van der Waals surface area contributed by atoms with Gasteiger partial charge in [-0.25, -0.2) is 0 Å². The molecule has 5 heteroatoms. The minimum atomic E-state index is -0.725. The lowest BCUT2D eigenvalue weighted by Crippen LogP contribution is -2.53.